The topological polar surface area (TPSA) is 74.3 Å². The van der Waals surface area contributed by atoms with E-state index in [1.165, 1.54) is 4.90 Å². The highest BCUT2D eigenvalue weighted by molar-refractivity contribution is 6.51. The number of carbonyl (C=O) groups is 2. The maximum atomic E-state index is 12.7. The molecule has 1 aromatic carbocycles. The van der Waals surface area contributed by atoms with Crippen molar-refractivity contribution < 1.29 is 28.4 Å². The zero-order chi connectivity index (χ0) is 24.0. The number of carbonyl (C=O) groups excluding carboxylic acids is 2. The van der Waals surface area contributed by atoms with E-state index >= 15 is 0 Å². The normalized spacial score (nSPS) is 17.4. The van der Waals surface area contributed by atoms with Crippen LogP contribution in [0.25, 0.3) is 0 Å². The SMILES string of the molecule is CC(C)(C)OC(=O)CN(CC/C=C/B1OC(C)(C)C(C)(C)O1)C(=O)OCc1ccccc1. The van der Waals surface area contributed by atoms with Crippen molar-refractivity contribution in [3.63, 3.8) is 0 Å². The van der Waals surface area contributed by atoms with Crippen LogP contribution in [0.3, 0.4) is 0 Å². The van der Waals surface area contributed by atoms with E-state index in [0.717, 1.165) is 5.56 Å². The first-order valence-electron chi connectivity index (χ1n) is 11.0. The molecule has 176 valence electrons. The highest BCUT2D eigenvalue weighted by Gasteiger charge is 2.49. The molecule has 1 saturated heterocycles. The predicted octanol–water partition coefficient (Wildman–Crippen LogP) is 4.54. The predicted molar refractivity (Wildman–Crippen MR) is 124 cm³/mol. The van der Waals surface area contributed by atoms with E-state index in [9.17, 15) is 9.59 Å². The molecule has 0 aromatic heterocycles. The van der Waals surface area contributed by atoms with E-state index in [1.807, 2.05) is 70.1 Å². The minimum atomic E-state index is -0.632. The third-order valence-electron chi connectivity index (χ3n) is 5.33. The van der Waals surface area contributed by atoms with Crippen molar-refractivity contribution in [3.05, 3.63) is 47.9 Å². The second kappa shape index (κ2) is 10.5. The fourth-order valence-electron chi connectivity index (χ4n) is 2.98. The quantitative estimate of drug-likeness (QED) is 0.432. The van der Waals surface area contributed by atoms with E-state index < -0.39 is 36.0 Å². The lowest BCUT2D eigenvalue weighted by atomic mass is 9.90. The number of esters is 1. The monoisotopic (exact) mass is 445 g/mol. The Morgan fingerprint density at radius 2 is 1.66 bits per heavy atom. The second-order valence-electron chi connectivity index (χ2n) is 9.89. The Kier molecular flexibility index (Phi) is 8.54. The number of hydrogen-bond acceptors (Lipinski definition) is 6. The second-order valence-corrected chi connectivity index (χ2v) is 9.89. The maximum absolute atomic E-state index is 12.7. The van der Waals surface area contributed by atoms with Crippen molar-refractivity contribution in [1.29, 1.82) is 0 Å². The molecule has 8 heteroatoms. The number of hydrogen-bond donors (Lipinski definition) is 0. The van der Waals surface area contributed by atoms with Crippen LogP contribution in [0.2, 0.25) is 0 Å². The molecule has 1 heterocycles. The van der Waals surface area contributed by atoms with Crippen molar-refractivity contribution >= 4 is 19.2 Å². The number of ether oxygens (including phenoxy) is 2. The van der Waals surface area contributed by atoms with Gasteiger partial charge in [-0.05, 0) is 60.5 Å². The van der Waals surface area contributed by atoms with E-state index in [4.69, 9.17) is 18.8 Å². The summed E-state index contributed by atoms with van der Waals surface area (Å²) in [4.78, 5) is 26.3. The summed E-state index contributed by atoms with van der Waals surface area (Å²) in [5, 5.41) is 0. The Labute approximate surface area is 192 Å². The van der Waals surface area contributed by atoms with Crippen LogP contribution in [0, 0.1) is 0 Å². The van der Waals surface area contributed by atoms with Crippen LogP contribution in [0.5, 0.6) is 0 Å². The third kappa shape index (κ3) is 7.99. The van der Waals surface area contributed by atoms with Crippen molar-refractivity contribution in [3.8, 4) is 0 Å². The van der Waals surface area contributed by atoms with Gasteiger partial charge in [0.2, 0.25) is 0 Å². The van der Waals surface area contributed by atoms with Gasteiger partial charge in [-0.1, -0.05) is 42.4 Å². The van der Waals surface area contributed by atoms with Gasteiger partial charge in [-0.3, -0.25) is 9.69 Å². The van der Waals surface area contributed by atoms with Crippen LogP contribution in [0.4, 0.5) is 4.79 Å². The Morgan fingerprint density at radius 3 is 2.22 bits per heavy atom. The summed E-state index contributed by atoms with van der Waals surface area (Å²) in [6, 6.07) is 9.40. The summed E-state index contributed by atoms with van der Waals surface area (Å²) in [5.74, 6) is 1.35. The summed E-state index contributed by atoms with van der Waals surface area (Å²) in [7, 11) is -0.454. The highest BCUT2D eigenvalue weighted by Crippen LogP contribution is 2.36. The van der Waals surface area contributed by atoms with Gasteiger partial charge in [-0.2, -0.15) is 0 Å². The lowest BCUT2D eigenvalue weighted by Gasteiger charge is -2.32. The van der Waals surface area contributed by atoms with Crippen LogP contribution in [-0.2, 0) is 30.2 Å². The van der Waals surface area contributed by atoms with Gasteiger partial charge in [0, 0.05) is 6.54 Å². The molecule has 0 aliphatic carbocycles. The fraction of sp³-hybridized carbons (Fsp3) is 0.583. The summed E-state index contributed by atoms with van der Waals surface area (Å²) in [5.41, 5.74) is -0.579. The number of amides is 1. The van der Waals surface area contributed by atoms with Crippen LogP contribution in [0.15, 0.2) is 42.4 Å². The largest absolute Gasteiger partial charge is 0.486 e. The molecule has 1 fully saturated rings. The van der Waals surface area contributed by atoms with Crippen molar-refractivity contribution in [1.82, 2.24) is 4.90 Å². The summed E-state index contributed by atoms with van der Waals surface area (Å²) >= 11 is 0. The molecule has 1 amide bonds. The molecule has 0 saturated carbocycles. The Hall–Kier alpha value is -2.32. The Morgan fingerprint density at radius 1 is 1.06 bits per heavy atom. The van der Waals surface area contributed by atoms with Crippen LogP contribution < -0.4 is 0 Å². The van der Waals surface area contributed by atoms with Crippen molar-refractivity contribution in [2.45, 2.75) is 78.3 Å². The van der Waals surface area contributed by atoms with Gasteiger partial charge in [0.1, 0.15) is 18.8 Å². The van der Waals surface area contributed by atoms with E-state index in [-0.39, 0.29) is 13.2 Å². The summed E-state index contributed by atoms with van der Waals surface area (Å²) in [6.07, 6.45) is 1.82. The van der Waals surface area contributed by atoms with Gasteiger partial charge in [0.05, 0.1) is 11.2 Å². The van der Waals surface area contributed by atoms with Crippen molar-refractivity contribution in [2.24, 2.45) is 0 Å². The first-order valence-corrected chi connectivity index (χ1v) is 11.0. The van der Waals surface area contributed by atoms with Crippen LogP contribution in [0.1, 0.15) is 60.5 Å². The molecule has 1 aromatic rings. The van der Waals surface area contributed by atoms with E-state index in [2.05, 4.69) is 0 Å². The lowest BCUT2D eigenvalue weighted by Crippen LogP contribution is -2.41. The van der Waals surface area contributed by atoms with Gasteiger partial charge in [0.15, 0.2) is 0 Å². The molecule has 7 nitrogen and oxygen atoms in total. The van der Waals surface area contributed by atoms with Gasteiger partial charge in [-0.25, -0.2) is 4.79 Å². The molecule has 1 aliphatic rings. The van der Waals surface area contributed by atoms with Gasteiger partial charge >= 0.3 is 19.2 Å². The average Bonchev–Trinajstić information content (AvgIpc) is 2.88. The molecule has 1 aliphatic heterocycles. The van der Waals surface area contributed by atoms with Gasteiger partial charge in [0.25, 0.3) is 0 Å². The molecule has 0 radical (unpaired) electrons. The lowest BCUT2D eigenvalue weighted by molar-refractivity contribution is -0.155. The first-order chi connectivity index (χ1) is 14.8. The highest BCUT2D eigenvalue weighted by atomic mass is 16.7. The minimum absolute atomic E-state index is 0.133. The molecule has 0 bridgehead atoms. The number of benzene rings is 1. The molecular weight excluding hydrogens is 409 g/mol. The smallest absolute Gasteiger partial charge is 0.459 e. The van der Waals surface area contributed by atoms with Gasteiger partial charge in [-0.15, -0.1) is 0 Å². The molecule has 0 N–H and O–H groups in total. The Balaban J connectivity index is 1.94. The van der Waals surface area contributed by atoms with Crippen molar-refractivity contribution in [2.75, 3.05) is 13.1 Å². The molecule has 2 rings (SSSR count). The molecule has 0 spiro atoms. The van der Waals surface area contributed by atoms with Crippen LogP contribution in [-0.4, -0.2) is 54.0 Å². The number of nitrogens with zero attached hydrogens (tertiary/aromatic N) is 1. The number of rotatable bonds is 8. The molecule has 0 atom stereocenters. The average molecular weight is 445 g/mol. The summed E-state index contributed by atoms with van der Waals surface area (Å²) in [6.45, 7) is 13.6. The zero-order valence-corrected chi connectivity index (χ0v) is 20.3. The van der Waals surface area contributed by atoms with Crippen LogP contribution >= 0.6 is 0 Å². The fourth-order valence-corrected chi connectivity index (χ4v) is 2.98. The maximum Gasteiger partial charge on any atom is 0.486 e. The standard InChI is InChI=1S/C24H36BNO6/c1-22(2,3)30-20(27)17-26(21(28)29-18-19-13-9-8-10-14-19)16-12-11-15-25-31-23(4,5)24(6,7)32-25/h8-11,13-15H,12,16-18H2,1-7H3/b15-11+. The minimum Gasteiger partial charge on any atom is -0.459 e. The van der Waals surface area contributed by atoms with Gasteiger partial charge < -0.3 is 18.8 Å². The first kappa shape index (κ1) is 25.9. The summed E-state index contributed by atoms with van der Waals surface area (Å²) < 4.78 is 22.7. The van der Waals surface area contributed by atoms with E-state index in [0.29, 0.717) is 13.0 Å². The van der Waals surface area contributed by atoms with E-state index in [1.54, 1.807) is 20.8 Å². The molecular formula is C24H36BNO6. The third-order valence-corrected chi connectivity index (χ3v) is 5.33. The Bertz CT molecular complexity index is 784. The molecule has 0 unspecified atom stereocenters. The zero-order valence-electron chi connectivity index (χ0n) is 20.3. The molecule has 32 heavy (non-hydrogen) atoms.